The number of halogens is 4. The fourth-order valence-electron chi connectivity index (χ4n) is 0.595. The SMILES string of the molecule is CCCC/C(I)=C\C(F)(F)F. The molecule has 0 atom stereocenters. The Hall–Kier alpha value is 0.260. The van der Waals surface area contributed by atoms with Crippen molar-refractivity contribution < 1.29 is 13.2 Å². The Morgan fingerprint density at radius 1 is 1.45 bits per heavy atom. The molecule has 4 heteroatoms. The van der Waals surface area contributed by atoms with Gasteiger partial charge in [-0.15, -0.1) is 0 Å². The van der Waals surface area contributed by atoms with Gasteiger partial charge < -0.3 is 0 Å². The summed E-state index contributed by atoms with van der Waals surface area (Å²) in [5.74, 6) is 0. The summed E-state index contributed by atoms with van der Waals surface area (Å²) in [6.45, 7) is 1.96. The molecule has 0 aromatic rings. The average molecular weight is 278 g/mol. The summed E-state index contributed by atoms with van der Waals surface area (Å²) >= 11 is 1.73. The van der Waals surface area contributed by atoms with E-state index >= 15 is 0 Å². The molecule has 0 amide bonds. The van der Waals surface area contributed by atoms with Crippen molar-refractivity contribution in [1.29, 1.82) is 0 Å². The minimum atomic E-state index is -4.15. The Labute approximate surface area is 78.0 Å². The van der Waals surface area contributed by atoms with E-state index in [1.165, 1.54) is 0 Å². The molecule has 0 aromatic heterocycles. The maximum atomic E-state index is 11.7. The smallest absolute Gasteiger partial charge is 0.167 e. The molecule has 0 aliphatic carbocycles. The van der Waals surface area contributed by atoms with Gasteiger partial charge in [0.1, 0.15) is 0 Å². The molecule has 0 saturated heterocycles. The fourth-order valence-corrected chi connectivity index (χ4v) is 1.33. The molecule has 0 fully saturated rings. The number of hydrogen-bond donors (Lipinski definition) is 0. The average Bonchev–Trinajstić information content (AvgIpc) is 1.79. The van der Waals surface area contributed by atoms with Crippen LogP contribution >= 0.6 is 22.6 Å². The summed E-state index contributed by atoms with van der Waals surface area (Å²) in [5.41, 5.74) is 0. The highest BCUT2D eigenvalue weighted by atomic mass is 127. The van der Waals surface area contributed by atoms with Gasteiger partial charge in [-0.2, -0.15) is 13.2 Å². The van der Waals surface area contributed by atoms with Crippen LogP contribution in [0.1, 0.15) is 26.2 Å². The second kappa shape index (κ2) is 5.00. The fraction of sp³-hybridized carbons (Fsp3) is 0.714. The number of alkyl halides is 3. The molecule has 0 nitrogen and oxygen atoms in total. The molecule has 0 radical (unpaired) electrons. The van der Waals surface area contributed by atoms with Crippen LogP contribution in [0.15, 0.2) is 9.66 Å². The van der Waals surface area contributed by atoms with E-state index in [-0.39, 0.29) is 0 Å². The lowest BCUT2D eigenvalue weighted by Gasteiger charge is -2.01. The number of hydrogen-bond acceptors (Lipinski definition) is 0. The van der Waals surface area contributed by atoms with E-state index in [1.807, 2.05) is 6.92 Å². The second-order valence-electron chi connectivity index (χ2n) is 2.24. The van der Waals surface area contributed by atoms with Crippen molar-refractivity contribution in [2.75, 3.05) is 0 Å². The Bertz CT molecular complexity index is 137. The molecule has 0 N–H and O–H groups in total. The number of rotatable bonds is 3. The first-order valence-electron chi connectivity index (χ1n) is 3.39. The third-order valence-electron chi connectivity index (χ3n) is 1.09. The van der Waals surface area contributed by atoms with Crippen molar-refractivity contribution in [3.63, 3.8) is 0 Å². The van der Waals surface area contributed by atoms with Crippen LogP contribution in [0, 0.1) is 0 Å². The van der Waals surface area contributed by atoms with E-state index in [9.17, 15) is 13.2 Å². The Kier molecular flexibility index (Phi) is 5.12. The molecule has 0 aliphatic rings. The molecule has 66 valence electrons. The normalized spacial score (nSPS) is 13.7. The quantitative estimate of drug-likeness (QED) is 0.683. The molecule has 0 aliphatic heterocycles. The molecule has 0 saturated carbocycles. The topological polar surface area (TPSA) is 0 Å². The van der Waals surface area contributed by atoms with E-state index in [1.54, 1.807) is 22.6 Å². The first-order valence-corrected chi connectivity index (χ1v) is 4.47. The van der Waals surface area contributed by atoms with Crippen LogP contribution in [-0.2, 0) is 0 Å². The van der Waals surface area contributed by atoms with Gasteiger partial charge >= 0.3 is 6.18 Å². The Balaban J connectivity index is 3.81. The molecule has 11 heavy (non-hydrogen) atoms. The summed E-state index contributed by atoms with van der Waals surface area (Å²) in [6.07, 6.45) is -1.49. The van der Waals surface area contributed by atoms with Crippen LogP contribution in [0.3, 0.4) is 0 Å². The largest absolute Gasteiger partial charge is 0.410 e. The van der Waals surface area contributed by atoms with Crippen LogP contribution in [0.4, 0.5) is 13.2 Å². The minimum absolute atomic E-state index is 0.364. The highest BCUT2D eigenvalue weighted by Crippen LogP contribution is 2.24. The van der Waals surface area contributed by atoms with Gasteiger partial charge in [0.25, 0.3) is 0 Å². The molecule has 0 rings (SSSR count). The predicted octanol–water partition coefficient (Wildman–Crippen LogP) is 4.06. The lowest BCUT2D eigenvalue weighted by Crippen LogP contribution is -2.01. The van der Waals surface area contributed by atoms with Gasteiger partial charge in [-0.3, -0.25) is 0 Å². The van der Waals surface area contributed by atoms with Crippen LogP contribution in [0.2, 0.25) is 0 Å². The van der Waals surface area contributed by atoms with Crippen molar-refractivity contribution in [2.24, 2.45) is 0 Å². The first kappa shape index (κ1) is 11.3. The van der Waals surface area contributed by atoms with Gasteiger partial charge in [-0.05, 0) is 39.0 Å². The summed E-state index contributed by atoms with van der Waals surface area (Å²) in [7, 11) is 0. The number of allylic oxidation sites excluding steroid dienone is 2. The maximum Gasteiger partial charge on any atom is 0.410 e. The molecule has 0 heterocycles. The van der Waals surface area contributed by atoms with E-state index in [0.29, 0.717) is 16.1 Å². The molecule has 0 unspecified atom stereocenters. The van der Waals surface area contributed by atoms with Crippen molar-refractivity contribution in [1.82, 2.24) is 0 Å². The van der Waals surface area contributed by atoms with Gasteiger partial charge in [0.15, 0.2) is 0 Å². The summed E-state index contributed by atoms with van der Waals surface area (Å²) in [5, 5.41) is 0. The van der Waals surface area contributed by atoms with E-state index < -0.39 is 6.18 Å². The lowest BCUT2D eigenvalue weighted by atomic mass is 10.2. The molecule has 0 bridgehead atoms. The van der Waals surface area contributed by atoms with Crippen molar-refractivity contribution >= 4 is 22.6 Å². The predicted molar refractivity (Wildman–Crippen MR) is 47.7 cm³/mol. The van der Waals surface area contributed by atoms with Crippen LogP contribution in [-0.4, -0.2) is 6.18 Å². The van der Waals surface area contributed by atoms with Crippen molar-refractivity contribution in [3.05, 3.63) is 9.66 Å². The molecular formula is C7H10F3I. The summed E-state index contributed by atoms with van der Waals surface area (Å²) in [4.78, 5) is 0. The standard InChI is InChI=1S/C7H10F3I/c1-2-3-4-6(11)5-7(8,9)10/h5H,2-4H2,1H3/b6-5+. The van der Waals surface area contributed by atoms with Crippen molar-refractivity contribution in [3.8, 4) is 0 Å². The van der Waals surface area contributed by atoms with Gasteiger partial charge in [-0.25, -0.2) is 0 Å². The maximum absolute atomic E-state index is 11.7. The zero-order chi connectivity index (χ0) is 8.91. The highest BCUT2D eigenvalue weighted by Gasteiger charge is 2.23. The lowest BCUT2D eigenvalue weighted by molar-refractivity contribution is -0.0801. The minimum Gasteiger partial charge on any atom is -0.167 e. The summed E-state index contributed by atoms with van der Waals surface area (Å²) < 4.78 is 35.3. The second-order valence-corrected chi connectivity index (χ2v) is 3.62. The van der Waals surface area contributed by atoms with Crippen LogP contribution in [0.25, 0.3) is 0 Å². The van der Waals surface area contributed by atoms with Gasteiger partial charge in [-0.1, -0.05) is 13.3 Å². The van der Waals surface area contributed by atoms with E-state index in [2.05, 4.69) is 0 Å². The third kappa shape index (κ3) is 8.16. The molecular weight excluding hydrogens is 268 g/mol. The van der Waals surface area contributed by atoms with Gasteiger partial charge in [0.05, 0.1) is 0 Å². The highest BCUT2D eigenvalue weighted by molar-refractivity contribution is 14.1. The van der Waals surface area contributed by atoms with Gasteiger partial charge in [0.2, 0.25) is 0 Å². The summed E-state index contributed by atoms with van der Waals surface area (Å²) in [6, 6.07) is 0. The van der Waals surface area contributed by atoms with E-state index in [0.717, 1.165) is 12.8 Å². The van der Waals surface area contributed by atoms with E-state index in [4.69, 9.17) is 0 Å². The monoisotopic (exact) mass is 278 g/mol. The first-order chi connectivity index (χ1) is 4.95. The Morgan fingerprint density at radius 2 is 2.00 bits per heavy atom. The van der Waals surface area contributed by atoms with Crippen LogP contribution < -0.4 is 0 Å². The van der Waals surface area contributed by atoms with Crippen LogP contribution in [0.5, 0.6) is 0 Å². The molecule has 0 aromatic carbocycles. The Morgan fingerprint density at radius 3 is 2.36 bits per heavy atom. The third-order valence-corrected chi connectivity index (χ3v) is 1.94. The molecule has 0 spiro atoms. The zero-order valence-electron chi connectivity index (χ0n) is 6.21. The number of unbranched alkanes of at least 4 members (excludes halogenated alkanes) is 1. The zero-order valence-corrected chi connectivity index (χ0v) is 8.37. The van der Waals surface area contributed by atoms with Crippen molar-refractivity contribution in [2.45, 2.75) is 32.4 Å². The van der Waals surface area contributed by atoms with Gasteiger partial charge in [0, 0.05) is 6.08 Å².